The van der Waals surface area contributed by atoms with Crippen LogP contribution in [0.5, 0.6) is 0 Å². The Morgan fingerprint density at radius 1 is 1.29 bits per heavy atom. The fraction of sp³-hybridized carbons (Fsp3) is 0.357. The summed E-state index contributed by atoms with van der Waals surface area (Å²) in [5.41, 5.74) is 0.0490. The molecule has 3 N–H and O–H groups in total. The number of amides is 5. The van der Waals surface area contributed by atoms with Crippen LogP contribution in [-0.2, 0) is 11.3 Å². The number of nitrogens with zero attached hydrogens (tertiary/aromatic N) is 1. The number of benzene rings is 1. The zero-order valence-corrected chi connectivity index (χ0v) is 11.4. The Balaban J connectivity index is 1.58. The van der Waals surface area contributed by atoms with Gasteiger partial charge in [0.25, 0.3) is 5.91 Å². The van der Waals surface area contributed by atoms with Crippen LogP contribution in [0.2, 0.25) is 0 Å². The Labute approximate surface area is 121 Å². The van der Waals surface area contributed by atoms with E-state index in [1.807, 2.05) is 30.3 Å². The first-order valence-electron chi connectivity index (χ1n) is 6.79. The van der Waals surface area contributed by atoms with E-state index >= 15 is 0 Å². The van der Waals surface area contributed by atoms with Crippen molar-refractivity contribution < 1.29 is 14.4 Å². The largest absolute Gasteiger partial charge is 0.334 e. The highest BCUT2D eigenvalue weighted by molar-refractivity contribution is 6.07. The van der Waals surface area contributed by atoms with Crippen molar-refractivity contribution in [3.63, 3.8) is 0 Å². The second-order valence-corrected chi connectivity index (χ2v) is 5.31. The molecule has 0 aliphatic carbocycles. The average Bonchev–Trinajstić information content (AvgIpc) is 3.02. The summed E-state index contributed by atoms with van der Waals surface area (Å²) in [5, 5.41) is 7.65. The van der Waals surface area contributed by atoms with E-state index in [4.69, 9.17) is 0 Å². The van der Waals surface area contributed by atoms with Crippen LogP contribution < -0.4 is 16.0 Å². The minimum absolute atomic E-state index is 0.200. The number of carbonyl (C=O) groups is 3. The normalized spacial score (nSPS) is 24.1. The van der Waals surface area contributed by atoms with Gasteiger partial charge in [0.15, 0.2) is 0 Å². The van der Waals surface area contributed by atoms with E-state index in [2.05, 4.69) is 16.0 Å². The smallest absolute Gasteiger partial charge is 0.322 e. The molecule has 1 spiro atoms. The van der Waals surface area contributed by atoms with Crippen molar-refractivity contribution in [1.82, 2.24) is 20.9 Å². The molecule has 2 fully saturated rings. The van der Waals surface area contributed by atoms with Crippen LogP contribution in [0, 0.1) is 0 Å². The average molecular weight is 288 g/mol. The molecule has 0 aromatic heterocycles. The summed E-state index contributed by atoms with van der Waals surface area (Å²) in [4.78, 5) is 36.7. The highest BCUT2D eigenvalue weighted by Gasteiger charge is 2.51. The Bertz CT molecular complexity index is 589. The van der Waals surface area contributed by atoms with Crippen molar-refractivity contribution in [2.45, 2.75) is 18.5 Å². The van der Waals surface area contributed by atoms with Crippen LogP contribution in [0.1, 0.15) is 12.0 Å². The standard InChI is InChI=1S/C14H16N4O3/c19-11-14(17-12(20)16-11)6-7-18(9-14)13(21)15-8-10-4-2-1-3-5-10/h1-5H,6-9H2,(H,15,21)(H2,16,17,19,20). The number of nitrogens with one attached hydrogen (secondary N) is 3. The number of rotatable bonds is 2. The van der Waals surface area contributed by atoms with Gasteiger partial charge in [0, 0.05) is 13.1 Å². The van der Waals surface area contributed by atoms with E-state index in [0.717, 1.165) is 5.56 Å². The first-order chi connectivity index (χ1) is 10.1. The van der Waals surface area contributed by atoms with Gasteiger partial charge in [-0.05, 0) is 12.0 Å². The number of imide groups is 1. The molecule has 5 amide bonds. The summed E-state index contributed by atoms with van der Waals surface area (Å²) in [7, 11) is 0. The fourth-order valence-corrected chi connectivity index (χ4v) is 2.68. The van der Waals surface area contributed by atoms with Gasteiger partial charge < -0.3 is 15.5 Å². The fourth-order valence-electron chi connectivity index (χ4n) is 2.68. The van der Waals surface area contributed by atoms with Gasteiger partial charge >= 0.3 is 12.1 Å². The molecule has 110 valence electrons. The maximum absolute atomic E-state index is 12.1. The third kappa shape index (κ3) is 2.54. The van der Waals surface area contributed by atoms with E-state index < -0.39 is 11.6 Å². The van der Waals surface area contributed by atoms with E-state index in [-0.39, 0.29) is 18.5 Å². The van der Waals surface area contributed by atoms with Crippen LogP contribution in [0.15, 0.2) is 30.3 Å². The van der Waals surface area contributed by atoms with Gasteiger partial charge in [0.05, 0.1) is 6.54 Å². The molecule has 1 atom stereocenters. The van der Waals surface area contributed by atoms with Gasteiger partial charge in [-0.25, -0.2) is 9.59 Å². The number of likely N-dealkylation sites (tertiary alicyclic amines) is 1. The summed E-state index contributed by atoms with van der Waals surface area (Å²) >= 11 is 0. The minimum atomic E-state index is -0.957. The molecule has 2 aliphatic rings. The molecule has 0 saturated carbocycles. The predicted octanol–water partition coefficient (Wildman–Crippen LogP) is 0.180. The molecule has 2 heterocycles. The van der Waals surface area contributed by atoms with E-state index in [9.17, 15) is 14.4 Å². The summed E-state index contributed by atoms with van der Waals surface area (Å²) in [6.07, 6.45) is 0.434. The zero-order chi connectivity index (χ0) is 14.9. The molecule has 0 radical (unpaired) electrons. The van der Waals surface area contributed by atoms with E-state index in [0.29, 0.717) is 19.5 Å². The number of carbonyl (C=O) groups excluding carboxylic acids is 3. The highest BCUT2D eigenvalue weighted by atomic mass is 16.2. The first-order valence-corrected chi connectivity index (χ1v) is 6.79. The molecule has 2 saturated heterocycles. The van der Waals surface area contributed by atoms with Gasteiger partial charge in [0.2, 0.25) is 0 Å². The van der Waals surface area contributed by atoms with Crippen molar-refractivity contribution in [2.75, 3.05) is 13.1 Å². The molecule has 1 aromatic rings. The maximum Gasteiger partial charge on any atom is 0.322 e. The molecule has 7 nitrogen and oxygen atoms in total. The molecular formula is C14H16N4O3. The van der Waals surface area contributed by atoms with E-state index in [1.165, 1.54) is 0 Å². The Kier molecular flexibility index (Phi) is 3.25. The molecule has 2 aliphatic heterocycles. The van der Waals surface area contributed by atoms with Crippen LogP contribution >= 0.6 is 0 Å². The van der Waals surface area contributed by atoms with Crippen LogP contribution in [0.4, 0.5) is 9.59 Å². The van der Waals surface area contributed by atoms with Crippen molar-refractivity contribution in [3.05, 3.63) is 35.9 Å². The Hall–Kier alpha value is -2.57. The monoisotopic (exact) mass is 288 g/mol. The lowest BCUT2D eigenvalue weighted by Crippen LogP contribution is -2.50. The lowest BCUT2D eigenvalue weighted by molar-refractivity contribution is -0.123. The molecule has 7 heteroatoms. The number of urea groups is 2. The summed E-state index contributed by atoms with van der Waals surface area (Å²) in [6, 6.07) is 8.86. The molecule has 0 bridgehead atoms. The van der Waals surface area contributed by atoms with Gasteiger partial charge in [-0.1, -0.05) is 30.3 Å². The topological polar surface area (TPSA) is 90.5 Å². The third-order valence-corrected chi connectivity index (χ3v) is 3.86. The van der Waals surface area contributed by atoms with E-state index in [1.54, 1.807) is 4.90 Å². The highest BCUT2D eigenvalue weighted by Crippen LogP contribution is 2.24. The minimum Gasteiger partial charge on any atom is -0.334 e. The maximum atomic E-state index is 12.1. The number of hydrogen-bond donors (Lipinski definition) is 3. The van der Waals surface area contributed by atoms with Gasteiger partial charge in [-0.15, -0.1) is 0 Å². The van der Waals surface area contributed by atoms with Crippen molar-refractivity contribution in [3.8, 4) is 0 Å². The first kappa shape index (κ1) is 13.4. The SMILES string of the molecule is O=C1NC(=O)C2(CCN(C(=O)NCc3ccccc3)C2)N1. The van der Waals surface area contributed by atoms with Crippen molar-refractivity contribution in [2.24, 2.45) is 0 Å². The van der Waals surface area contributed by atoms with Crippen molar-refractivity contribution in [1.29, 1.82) is 0 Å². The van der Waals surface area contributed by atoms with Gasteiger partial charge in [-0.3, -0.25) is 10.1 Å². The van der Waals surface area contributed by atoms with Crippen LogP contribution in [0.3, 0.4) is 0 Å². The Morgan fingerprint density at radius 2 is 2.05 bits per heavy atom. The lowest BCUT2D eigenvalue weighted by Gasteiger charge is -2.21. The second kappa shape index (κ2) is 5.08. The molecule has 21 heavy (non-hydrogen) atoms. The predicted molar refractivity (Wildman–Crippen MR) is 74.3 cm³/mol. The van der Waals surface area contributed by atoms with Crippen LogP contribution in [0.25, 0.3) is 0 Å². The zero-order valence-electron chi connectivity index (χ0n) is 11.4. The lowest BCUT2D eigenvalue weighted by atomic mass is 10.00. The summed E-state index contributed by atoms with van der Waals surface area (Å²) in [6.45, 7) is 1.07. The van der Waals surface area contributed by atoms with Gasteiger partial charge in [0.1, 0.15) is 5.54 Å². The van der Waals surface area contributed by atoms with Crippen molar-refractivity contribution >= 4 is 18.0 Å². The third-order valence-electron chi connectivity index (χ3n) is 3.86. The summed E-state index contributed by atoms with van der Waals surface area (Å²) < 4.78 is 0. The Morgan fingerprint density at radius 3 is 2.71 bits per heavy atom. The molecule has 3 rings (SSSR count). The summed E-state index contributed by atoms with van der Waals surface area (Å²) in [5.74, 6) is -0.356. The molecular weight excluding hydrogens is 272 g/mol. The molecule has 1 aromatic carbocycles. The quantitative estimate of drug-likeness (QED) is 0.678. The van der Waals surface area contributed by atoms with Gasteiger partial charge in [-0.2, -0.15) is 0 Å². The second-order valence-electron chi connectivity index (χ2n) is 5.31. The number of hydrogen-bond acceptors (Lipinski definition) is 3. The van der Waals surface area contributed by atoms with Crippen LogP contribution in [-0.4, -0.2) is 41.5 Å². The molecule has 1 unspecified atom stereocenters.